The lowest BCUT2D eigenvalue weighted by Gasteiger charge is -2.14. The van der Waals surface area contributed by atoms with E-state index in [1.807, 2.05) is 0 Å². The van der Waals surface area contributed by atoms with E-state index in [0.29, 0.717) is 16.9 Å². The van der Waals surface area contributed by atoms with Gasteiger partial charge in [-0.1, -0.05) is 18.2 Å². The number of hydrogen-bond acceptors (Lipinski definition) is 5. The monoisotopic (exact) mass is 337 g/mol. The number of halogens is 1. The zero-order valence-electron chi connectivity index (χ0n) is 12.3. The first-order valence-electron chi connectivity index (χ1n) is 6.41. The van der Waals surface area contributed by atoms with Gasteiger partial charge in [-0.2, -0.15) is 0 Å². The average molecular weight is 338 g/mol. The quantitative estimate of drug-likeness (QED) is 0.364. The molecule has 2 aromatic carbocycles. The van der Waals surface area contributed by atoms with Crippen LogP contribution in [0.1, 0.15) is 11.1 Å². The van der Waals surface area contributed by atoms with Crippen molar-refractivity contribution >= 4 is 23.9 Å². The van der Waals surface area contributed by atoms with Crippen LogP contribution in [-0.2, 0) is 6.61 Å². The number of amidine groups is 1. The molecule has 0 spiro atoms. The van der Waals surface area contributed by atoms with Crippen LogP contribution in [0.25, 0.3) is 0 Å². The Hall–Kier alpha value is -2.80. The van der Waals surface area contributed by atoms with Gasteiger partial charge in [-0.05, 0) is 18.2 Å². The Bertz CT molecular complexity index is 722. The highest BCUT2D eigenvalue weighted by Gasteiger charge is 2.16. The number of nitrogens with two attached hydrogens (primary N) is 1. The molecule has 2 aromatic rings. The van der Waals surface area contributed by atoms with Gasteiger partial charge in [-0.15, -0.1) is 12.4 Å². The van der Waals surface area contributed by atoms with E-state index in [1.54, 1.807) is 36.4 Å². The highest BCUT2D eigenvalue weighted by atomic mass is 35.5. The molecule has 3 N–H and O–H groups in total. The second-order valence-corrected chi connectivity index (χ2v) is 4.43. The first kappa shape index (κ1) is 18.2. The largest absolute Gasteiger partial charge is 0.493 e. The molecule has 0 saturated carbocycles. The van der Waals surface area contributed by atoms with E-state index < -0.39 is 4.92 Å². The summed E-state index contributed by atoms with van der Waals surface area (Å²) in [6, 6.07) is 11.3. The van der Waals surface area contributed by atoms with Crippen LogP contribution >= 0.6 is 12.4 Å². The number of nitrogen functional groups attached to an aromatic ring is 1. The summed E-state index contributed by atoms with van der Waals surface area (Å²) in [4.78, 5) is 10.5. The Balaban J connectivity index is 0.00000264. The molecule has 122 valence electrons. The van der Waals surface area contributed by atoms with E-state index >= 15 is 0 Å². The van der Waals surface area contributed by atoms with E-state index in [4.69, 9.17) is 20.6 Å². The number of nitrogens with one attached hydrogen (secondary N) is 1. The third-order valence-electron chi connectivity index (χ3n) is 3.05. The molecule has 0 radical (unpaired) electrons. The first-order chi connectivity index (χ1) is 10.5. The SMILES string of the molecule is COc1cccc(C(=N)N)c1OCc1ccccc1[N+](=O)[O-].Cl. The van der Waals surface area contributed by atoms with Crippen molar-refractivity contribution in [1.29, 1.82) is 5.41 Å². The van der Waals surface area contributed by atoms with E-state index in [2.05, 4.69) is 0 Å². The molecule has 0 aliphatic heterocycles. The number of rotatable bonds is 6. The lowest BCUT2D eigenvalue weighted by Crippen LogP contribution is -2.14. The summed E-state index contributed by atoms with van der Waals surface area (Å²) in [7, 11) is 1.47. The molecule has 0 atom stereocenters. The second kappa shape index (κ2) is 8.00. The highest BCUT2D eigenvalue weighted by molar-refractivity contribution is 5.98. The van der Waals surface area contributed by atoms with Crippen molar-refractivity contribution in [3.8, 4) is 11.5 Å². The fourth-order valence-electron chi connectivity index (χ4n) is 2.00. The van der Waals surface area contributed by atoms with Crippen molar-refractivity contribution in [2.45, 2.75) is 6.61 Å². The van der Waals surface area contributed by atoms with Gasteiger partial charge in [-0.3, -0.25) is 15.5 Å². The maximum atomic E-state index is 11.0. The zero-order valence-corrected chi connectivity index (χ0v) is 13.1. The smallest absolute Gasteiger partial charge is 0.276 e. The summed E-state index contributed by atoms with van der Waals surface area (Å²) in [5.41, 5.74) is 6.30. The van der Waals surface area contributed by atoms with Crippen molar-refractivity contribution < 1.29 is 14.4 Å². The maximum Gasteiger partial charge on any atom is 0.276 e. The van der Waals surface area contributed by atoms with Crippen molar-refractivity contribution in [2.24, 2.45) is 5.73 Å². The molecule has 0 unspecified atom stereocenters. The van der Waals surface area contributed by atoms with Crippen molar-refractivity contribution in [1.82, 2.24) is 0 Å². The molecule has 7 nitrogen and oxygen atoms in total. The Morgan fingerprint density at radius 2 is 1.96 bits per heavy atom. The van der Waals surface area contributed by atoms with Gasteiger partial charge in [0, 0.05) is 6.07 Å². The van der Waals surface area contributed by atoms with E-state index in [1.165, 1.54) is 13.2 Å². The molecule has 0 bridgehead atoms. The third-order valence-corrected chi connectivity index (χ3v) is 3.05. The van der Waals surface area contributed by atoms with Gasteiger partial charge >= 0.3 is 0 Å². The van der Waals surface area contributed by atoms with Crippen LogP contribution in [0.3, 0.4) is 0 Å². The Kier molecular flexibility index (Phi) is 6.35. The van der Waals surface area contributed by atoms with Crippen LogP contribution in [0.5, 0.6) is 11.5 Å². The average Bonchev–Trinajstić information content (AvgIpc) is 2.52. The predicted molar refractivity (Wildman–Crippen MR) is 88.7 cm³/mol. The minimum absolute atomic E-state index is 0. The van der Waals surface area contributed by atoms with Gasteiger partial charge in [0.05, 0.1) is 23.2 Å². The number of benzene rings is 2. The number of nitro benzene ring substituents is 1. The number of hydrogen-bond donors (Lipinski definition) is 2. The summed E-state index contributed by atoms with van der Waals surface area (Å²) >= 11 is 0. The molecular weight excluding hydrogens is 322 g/mol. The Morgan fingerprint density at radius 3 is 2.57 bits per heavy atom. The Labute approximate surface area is 139 Å². The molecule has 2 rings (SSSR count). The first-order valence-corrected chi connectivity index (χ1v) is 6.41. The summed E-state index contributed by atoms with van der Waals surface area (Å²) in [6.07, 6.45) is 0. The summed E-state index contributed by atoms with van der Waals surface area (Å²) in [5, 5.41) is 18.6. The van der Waals surface area contributed by atoms with Gasteiger partial charge in [0.25, 0.3) is 5.69 Å². The van der Waals surface area contributed by atoms with Gasteiger partial charge in [0.15, 0.2) is 11.5 Å². The fourth-order valence-corrected chi connectivity index (χ4v) is 2.00. The second-order valence-electron chi connectivity index (χ2n) is 4.43. The molecule has 0 saturated heterocycles. The zero-order chi connectivity index (χ0) is 16.1. The number of ether oxygens (including phenoxy) is 2. The fraction of sp³-hybridized carbons (Fsp3) is 0.133. The highest BCUT2D eigenvalue weighted by Crippen LogP contribution is 2.32. The molecular formula is C15H16ClN3O4. The van der Waals surface area contributed by atoms with Crippen LogP contribution in [0.4, 0.5) is 5.69 Å². The molecule has 0 aliphatic carbocycles. The molecule has 0 heterocycles. The van der Waals surface area contributed by atoms with E-state index in [0.717, 1.165) is 0 Å². The normalized spacial score (nSPS) is 9.61. The third kappa shape index (κ3) is 4.10. The van der Waals surface area contributed by atoms with Crippen molar-refractivity contribution in [2.75, 3.05) is 7.11 Å². The molecule has 0 fully saturated rings. The number of para-hydroxylation sites is 2. The topological polar surface area (TPSA) is 111 Å². The van der Waals surface area contributed by atoms with Crippen molar-refractivity contribution in [3.63, 3.8) is 0 Å². The van der Waals surface area contributed by atoms with Gasteiger partial charge in [0.2, 0.25) is 0 Å². The maximum absolute atomic E-state index is 11.0. The lowest BCUT2D eigenvalue weighted by atomic mass is 10.1. The molecule has 0 amide bonds. The number of nitrogens with zero attached hydrogens (tertiary/aromatic N) is 1. The van der Waals surface area contributed by atoms with Crippen LogP contribution in [0, 0.1) is 15.5 Å². The molecule has 23 heavy (non-hydrogen) atoms. The van der Waals surface area contributed by atoms with Gasteiger partial charge < -0.3 is 15.2 Å². The predicted octanol–water partition coefficient (Wildman–Crippen LogP) is 2.89. The molecule has 0 aliphatic rings. The van der Waals surface area contributed by atoms with E-state index in [-0.39, 0.29) is 36.3 Å². The summed E-state index contributed by atoms with van der Waals surface area (Å²) in [5.74, 6) is 0.526. The van der Waals surface area contributed by atoms with Crippen LogP contribution < -0.4 is 15.2 Å². The Morgan fingerprint density at radius 1 is 1.26 bits per heavy atom. The standard InChI is InChI=1S/C15H15N3O4.ClH/c1-21-13-8-4-6-11(15(16)17)14(13)22-9-10-5-2-3-7-12(10)18(19)20;/h2-8H,9H2,1H3,(H3,16,17);1H. The van der Waals surface area contributed by atoms with Crippen LogP contribution in [-0.4, -0.2) is 17.9 Å². The van der Waals surface area contributed by atoms with Gasteiger partial charge in [0.1, 0.15) is 12.4 Å². The summed E-state index contributed by atoms with van der Waals surface area (Å²) < 4.78 is 10.8. The molecule has 0 aromatic heterocycles. The summed E-state index contributed by atoms with van der Waals surface area (Å²) in [6.45, 7) is -0.0300. The lowest BCUT2D eigenvalue weighted by molar-refractivity contribution is -0.385. The van der Waals surface area contributed by atoms with Gasteiger partial charge in [-0.25, -0.2) is 0 Å². The molecule has 8 heteroatoms. The minimum atomic E-state index is -0.465. The van der Waals surface area contributed by atoms with E-state index in [9.17, 15) is 10.1 Å². The van der Waals surface area contributed by atoms with Crippen LogP contribution in [0.2, 0.25) is 0 Å². The minimum Gasteiger partial charge on any atom is -0.493 e. The van der Waals surface area contributed by atoms with Crippen LogP contribution in [0.15, 0.2) is 42.5 Å². The van der Waals surface area contributed by atoms with Crippen molar-refractivity contribution in [3.05, 3.63) is 63.7 Å². The number of nitro groups is 1. The number of methoxy groups -OCH3 is 1.